The second kappa shape index (κ2) is 5.49. The lowest BCUT2D eigenvalue weighted by molar-refractivity contribution is -0.137. The van der Waals surface area contributed by atoms with Gasteiger partial charge in [0.25, 0.3) is 0 Å². The van der Waals surface area contributed by atoms with Crippen LogP contribution in [-0.2, 0) is 6.18 Å². The molecule has 1 aliphatic rings. The van der Waals surface area contributed by atoms with E-state index in [4.69, 9.17) is 0 Å². The van der Waals surface area contributed by atoms with Gasteiger partial charge in [-0.3, -0.25) is 0 Å². The molecule has 1 heterocycles. The highest BCUT2D eigenvalue weighted by Gasteiger charge is 2.32. The van der Waals surface area contributed by atoms with Gasteiger partial charge in [-0.1, -0.05) is 13.0 Å². The van der Waals surface area contributed by atoms with Crippen molar-refractivity contribution in [2.24, 2.45) is 0 Å². The molecular formula is C14H17F4N. The second-order valence-electron chi connectivity index (χ2n) is 4.97. The van der Waals surface area contributed by atoms with Crippen LogP contribution in [0.2, 0.25) is 0 Å². The molecule has 1 nitrogen and oxygen atoms in total. The minimum Gasteiger partial charge on any atom is -0.303 e. The lowest BCUT2D eigenvalue weighted by Gasteiger charge is -2.32. The first-order valence-corrected chi connectivity index (χ1v) is 6.50. The van der Waals surface area contributed by atoms with E-state index in [9.17, 15) is 17.6 Å². The Morgan fingerprint density at radius 3 is 2.63 bits per heavy atom. The molecular weight excluding hydrogens is 258 g/mol. The molecule has 106 valence electrons. The Morgan fingerprint density at radius 1 is 1.32 bits per heavy atom. The normalized spacial score (nSPS) is 21.6. The molecule has 1 aromatic rings. The van der Waals surface area contributed by atoms with Gasteiger partial charge in [0.05, 0.1) is 5.56 Å². The van der Waals surface area contributed by atoms with Gasteiger partial charge in [0.2, 0.25) is 0 Å². The van der Waals surface area contributed by atoms with Gasteiger partial charge >= 0.3 is 6.18 Å². The van der Waals surface area contributed by atoms with Gasteiger partial charge in [-0.25, -0.2) is 4.39 Å². The van der Waals surface area contributed by atoms with Gasteiger partial charge < -0.3 is 4.90 Å². The van der Waals surface area contributed by atoms with Crippen LogP contribution in [0, 0.1) is 5.82 Å². The predicted octanol–water partition coefficient (Wildman–Crippen LogP) is 4.04. The van der Waals surface area contributed by atoms with Crippen LogP contribution in [-0.4, -0.2) is 24.5 Å². The van der Waals surface area contributed by atoms with E-state index in [-0.39, 0.29) is 5.92 Å². The van der Waals surface area contributed by atoms with E-state index >= 15 is 0 Å². The molecule has 1 unspecified atom stereocenters. The van der Waals surface area contributed by atoms with Crippen molar-refractivity contribution in [2.45, 2.75) is 31.9 Å². The summed E-state index contributed by atoms with van der Waals surface area (Å²) in [5.74, 6) is -0.742. The fourth-order valence-electron chi connectivity index (χ4n) is 2.63. The minimum absolute atomic E-state index is 0.00372. The number of rotatable bonds is 2. The number of likely N-dealkylation sites (N-methyl/N-ethyl adjacent to an activating group) is 1. The molecule has 0 spiro atoms. The van der Waals surface area contributed by atoms with Crippen molar-refractivity contribution in [2.75, 3.05) is 19.6 Å². The van der Waals surface area contributed by atoms with Crippen LogP contribution in [0.4, 0.5) is 17.6 Å². The van der Waals surface area contributed by atoms with Crippen molar-refractivity contribution in [3.05, 3.63) is 35.1 Å². The van der Waals surface area contributed by atoms with Gasteiger partial charge in [0.1, 0.15) is 5.82 Å². The summed E-state index contributed by atoms with van der Waals surface area (Å²) < 4.78 is 51.3. The number of benzene rings is 1. The monoisotopic (exact) mass is 275 g/mol. The molecule has 1 saturated heterocycles. The summed E-state index contributed by atoms with van der Waals surface area (Å²) in [6, 6.07) is 2.88. The molecule has 0 bridgehead atoms. The molecule has 2 rings (SSSR count). The fourth-order valence-corrected chi connectivity index (χ4v) is 2.63. The van der Waals surface area contributed by atoms with Gasteiger partial charge in [-0.05, 0) is 49.5 Å². The average Bonchev–Trinajstić information content (AvgIpc) is 2.37. The van der Waals surface area contributed by atoms with Crippen molar-refractivity contribution in [3.8, 4) is 0 Å². The van der Waals surface area contributed by atoms with Gasteiger partial charge in [0, 0.05) is 6.54 Å². The zero-order valence-electron chi connectivity index (χ0n) is 10.8. The highest BCUT2D eigenvalue weighted by Crippen LogP contribution is 2.34. The molecule has 0 N–H and O–H groups in total. The quantitative estimate of drug-likeness (QED) is 0.736. The van der Waals surface area contributed by atoms with Crippen LogP contribution in [0.15, 0.2) is 18.2 Å². The minimum atomic E-state index is -4.48. The zero-order chi connectivity index (χ0) is 14.0. The van der Waals surface area contributed by atoms with Crippen LogP contribution >= 0.6 is 0 Å². The van der Waals surface area contributed by atoms with Crippen LogP contribution < -0.4 is 0 Å². The lowest BCUT2D eigenvalue weighted by Crippen LogP contribution is -2.34. The Kier molecular flexibility index (Phi) is 4.13. The van der Waals surface area contributed by atoms with Crippen molar-refractivity contribution in [3.63, 3.8) is 0 Å². The summed E-state index contributed by atoms with van der Waals surface area (Å²) in [5, 5.41) is 0. The van der Waals surface area contributed by atoms with Crippen LogP contribution in [0.25, 0.3) is 0 Å². The van der Waals surface area contributed by atoms with Crippen molar-refractivity contribution in [1.29, 1.82) is 0 Å². The third-order valence-corrected chi connectivity index (χ3v) is 3.72. The number of halogens is 4. The number of piperidine rings is 1. The number of hydrogen-bond donors (Lipinski definition) is 0. The van der Waals surface area contributed by atoms with Crippen molar-refractivity contribution < 1.29 is 17.6 Å². The van der Waals surface area contributed by atoms with Crippen molar-refractivity contribution in [1.82, 2.24) is 4.90 Å². The maximum atomic E-state index is 13.9. The summed E-state index contributed by atoms with van der Waals surface area (Å²) in [4.78, 5) is 2.20. The van der Waals surface area contributed by atoms with E-state index < -0.39 is 17.6 Å². The van der Waals surface area contributed by atoms with E-state index in [0.29, 0.717) is 11.6 Å². The van der Waals surface area contributed by atoms with Crippen LogP contribution in [0.3, 0.4) is 0 Å². The van der Waals surface area contributed by atoms with Crippen LogP contribution in [0.1, 0.15) is 36.8 Å². The smallest absolute Gasteiger partial charge is 0.303 e. The Bertz CT molecular complexity index is 442. The van der Waals surface area contributed by atoms with E-state index in [1.165, 1.54) is 6.07 Å². The maximum Gasteiger partial charge on any atom is 0.416 e. The van der Waals surface area contributed by atoms with Crippen molar-refractivity contribution >= 4 is 0 Å². The van der Waals surface area contributed by atoms with Crippen LogP contribution in [0.5, 0.6) is 0 Å². The average molecular weight is 275 g/mol. The Hall–Kier alpha value is -1.10. The van der Waals surface area contributed by atoms with E-state index in [1.54, 1.807) is 0 Å². The molecule has 0 radical (unpaired) electrons. The standard InChI is InChI=1S/C14H17F4N/c1-2-19-7-3-4-10(9-19)12-6-5-11(8-13(12)15)14(16,17)18/h5-6,8,10H,2-4,7,9H2,1H3. The molecule has 0 aromatic heterocycles. The molecule has 0 amide bonds. The topological polar surface area (TPSA) is 3.24 Å². The Balaban J connectivity index is 2.21. The van der Waals surface area contributed by atoms with E-state index in [1.807, 2.05) is 6.92 Å². The number of alkyl halides is 3. The summed E-state index contributed by atoms with van der Waals surface area (Å²) >= 11 is 0. The van der Waals surface area contributed by atoms with E-state index in [0.717, 1.165) is 38.5 Å². The number of likely N-dealkylation sites (tertiary alicyclic amines) is 1. The third-order valence-electron chi connectivity index (χ3n) is 3.72. The first-order valence-electron chi connectivity index (χ1n) is 6.50. The summed E-state index contributed by atoms with van der Waals surface area (Å²) in [7, 11) is 0. The highest BCUT2D eigenvalue weighted by molar-refractivity contribution is 5.29. The van der Waals surface area contributed by atoms with Gasteiger partial charge in [-0.2, -0.15) is 13.2 Å². The Labute approximate surface area is 110 Å². The number of nitrogens with zero attached hydrogens (tertiary/aromatic N) is 1. The molecule has 1 fully saturated rings. The molecule has 0 saturated carbocycles. The number of hydrogen-bond acceptors (Lipinski definition) is 1. The molecule has 1 atom stereocenters. The largest absolute Gasteiger partial charge is 0.416 e. The second-order valence-corrected chi connectivity index (χ2v) is 4.97. The lowest BCUT2D eigenvalue weighted by atomic mass is 9.89. The fraction of sp³-hybridized carbons (Fsp3) is 0.571. The first kappa shape index (κ1) is 14.3. The highest BCUT2D eigenvalue weighted by atomic mass is 19.4. The predicted molar refractivity (Wildman–Crippen MR) is 65.5 cm³/mol. The molecule has 1 aliphatic heterocycles. The maximum absolute atomic E-state index is 13.9. The molecule has 19 heavy (non-hydrogen) atoms. The van der Waals surface area contributed by atoms with E-state index in [2.05, 4.69) is 4.90 Å². The summed E-state index contributed by atoms with van der Waals surface area (Å²) in [5.41, 5.74) is -0.511. The zero-order valence-corrected chi connectivity index (χ0v) is 10.8. The summed E-state index contributed by atoms with van der Waals surface area (Å²) in [6.45, 7) is 4.62. The van der Waals surface area contributed by atoms with Gasteiger partial charge in [-0.15, -0.1) is 0 Å². The summed E-state index contributed by atoms with van der Waals surface area (Å²) in [6.07, 6.45) is -2.70. The van der Waals surface area contributed by atoms with Gasteiger partial charge in [0.15, 0.2) is 0 Å². The molecule has 0 aliphatic carbocycles. The molecule has 1 aromatic carbocycles. The first-order chi connectivity index (χ1) is 8.91. The molecule has 5 heteroatoms. The third kappa shape index (κ3) is 3.26. The SMILES string of the molecule is CCN1CCCC(c2ccc(C(F)(F)F)cc2F)C1. The Morgan fingerprint density at radius 2 is 2.05 bits per heavy atom.